The van der Waals surface area contributed by atoms with Crippen LogP contribution in [-0.4, -0.2) is 18.1 Å². The van der Waals surface area contributed by atoms with Crippen LogP contribution in [0.1, 0.15) is 12.5 Å². The summed E-state index contributed by atoms with van der Waals surface area (Å²) in [6, 6.07) is 5.79. The molecule has 1 unspecified atom stereocenters. The maximum Gasteiger partial charge on any atom is 0.573 e. The molecule has 0 spiro atoms. The molecular formula is C11H13F3O2. The van der Waals surface area contributed by atoms with Crippen molar-refractivity contribution in [3.8, 4) is 5.75 Å². The van der Waals surface area contributed by atoms with Crippen LogP contribution in [0.3, 0.4) is 0 Å². The van der Waals surface area contributed by atoms with Gasteiger partial charge in [0, 0.05) is 6.61 Å². The highest BCUT2D eigenvalue weighted by Gasteiger charge is 2.31. The van der Waals surface area contributed by atoms with Gasteiger partial charge in [-0.25, -0.2) is 0 Å². The number of halogens is 3. The highest BCUT2D eigenvalue weighted by molar-refractivity contribution is 5.28. The average molecular weight is 234 g/mol. The number of benzene rings is 1. The Bertz CT molecular complexity index is 336. The molecule has 0 radical (unpaired) electrons. The molecule has 0 amide bonds. The Labute approximate surface area is 91.7 Å². The van der Waals surface area contributed by atoms with Gasteiger partial charge < -0.3 is 9.84 Å². The van der Waals surface area contributed by atoms with Gasteiger partial charge in [-0.05, 0) is 30.0 Å². The van der Waals surface area contributed by atoms with Crippen molar-refractivity contribution < 1.29 is 23.0 Å². The Morgan fingerprint density at radius 1 is 1.38 bits per heavy atom. The van der Waals surface area contributed by atoms with Crippen molar-refractivity contribution in [2.24, 2.45) is 5.92 Å². The van der Waals surface area contributed by atoms with Gasteiger partial charge in [-0.3, -0.25) is 0 Å². The van der Waals surface area contributed by atoms with E-state index in [1.807, 2.05) is 6.92 Å². The molecule has 1 N–H and O–H groups in total. The number of aliphatic hydroxyl groups is 1. The van der Waals surface area contributed by atoms with Crippen molar-refractivity contribution in [1.82, 2.24) is 0 Å². The lowest BCUT2D eigenvalue weighted by Crippen LogP contribution is -2.17. The van der Waals surface area contributed by atoms with E-state index in [1.54, 1.807) is 6.07 Å². The number of aliphatic hydroxyl groups excluding tert-OH is 1. The van der Waals surface area contributed by atoms with E-state index in [1.165, 1.54) is 18.2 Å². The third-order valence-corrected chi connectivity index (χ3v) is 2.03. The lowest BCUT2D eigenvalue weighted by molar-refractivity contribution is -0.274. The fourth-order valence-corrected chi connectivity index (χ4v) is 1.34. The number of ether oxygens (including phenoxy) is 1. The summed E-state index contributed by atoms with van der Waals surface area (Å²) in [6.07, 6.45) is -4.15. The minimum Gasteiger partial charge on any atom is -0.406 e. The van der Waals surface area contributed by atoms with E-state index >= 15 is 0 Å². The number of hydrogen-bond donors (Lipinski definition) is 1. The van der Waals surface area contributed by atoms with Gasteiger partial charge in [0.1, 0.15) is 5.75 Å². The molecule has 5 heteroatoms. The summed E-state index contributed by atoms with van der Waals surface area (Å²) in [5.41, 5.74) is 0.711. The molecule has 1 aromatic rings. The quantitative estimate of drug-likeness (QED) is 0.868. The number of hydrogen-bond acceptors (Lipinski definition) is 2. The van der Waals surface area contributed by atoms with Crippen molar-refractivity contribution in [2.45, 2.75) is 19.7 Å². The van der Waals surface area contributed by atoms with Crippen LogP contribution in [0.15, 0.2) is 24.3 Å². The molecular weight excluding hydrogens is 221 g/mol. The molecule has 2 nitrogen and oxygen atoms in total. The van der Waals surface area contributed by atoms with Gasteiger partial charge in [-0.1, -0.05) is 19.1 Å². The molecule has 0 saturated heterocycles. The number of alkyl halides is 3. The monoisotopic (exact) mass is 234 g/mol. The highest BCUT2D eigenvalue weighted by Crippen LogP contribution is 2.24. The van der Waals surface area contributed by atoms with E-state index < -0.39 is 6.36 Å². The van der Waals surface area contributed by atoms with Gasteiger partial charge in [0.15, 0.2) is 0 Å². The summed E-state index contributed by atoms with van der Waals surface area (Å²) >= 11 is 0. The predicted octanol–water partition coefficient (Wildman–Crippen LogP) is 2.76. The fourth-order valence-electron chi connectivity index (χ4n) is 1.34. The highest BCUT2D eigenvalue weighted by atomic mass is 19.4. The first-order chi connectivity index (χ1) is 7.40. The summed E-state index contributed by atoms with van der Waals surface area (Å²) in [5, 5.41) is 8.84. The topological polar surface area (TPSA) is 29.5 Å². The molecule has 1 rings (SSSR count). The van der Waals surface area contributed by atoms with Crippen LogP contribution in [-0.2, 0) is 6.42 Å². The van der Waals surface area contributed by atoms with E-state index in [0.717, 1.165) is 0 Å². The normalized spacial score (nSPS) is 13.6. The molecule has 0 aromatic heterocycles. The average Bonchev–Trinajstić information content (AvgIpc) is 2.15. The second kappa shape index (κ2) is 5.21. The lowest BCUT2D eigenvalue weighted by Gasteiger charge is -2.11. The van der Waals surface area contributed by atoms with E-state index in [9.17, 15) is 13.2 Å². The molecule has 0 bridgehead atoms. The standard InChI is InChI=1S/C11H13F3O2/c1-8(7-15)5-9-3-2-4-10(6-9)16-11(12,13)14/h2-4,6,8,15H,5,7H2,1H3. The Morgan fingerprint density at radius 2 is 2.06 bits per heavy atom. The van der Waals surface area contributed by atoms with E-state index in [4.69, 9.17) is 5.11 Å². The Hall–Kier alpha value is -1.23. The summed E-state index contributed by atoms with van der Waals surface area (Å²) in [6.45, 7) is 1.82. The maximum atomic E-state index is 11.9. The summed E-state index contributed by atoms with van der Waals surface area (Å²) in [7, 11) is 0. The third kappa shape index (κ3) is 4.53. The lowest BCUT2D eigenvalue weighted by atomic mass is 10.0. The van der Waals surface area contributed by atoms with Crippen LogP contribution in [0.2, 0.25) is 0 Å². The molecule has 16 heavy (non-hydrogen) atoms. The molecule has 0 aliphatic heterocycles. The first-order valence-electron chi connectivity index (χ1n) is 4.86. The Morgan fingerprint density at radius 3 is 2.62 bits per heavy atom. The second-order valence-corrected chi connectivity index (χ2v) is 3.69. The van der Waals surface area contributed by atoms with Gasteiger partial charge in [0.25, 0.3) is 0 Å². The number of rotatable bonds is 4. The second-order valence-electron chi connectivity index (χ2n) is 3.69. The van der Waals surface area contributed by atoms with E-state index in [-0.39, 0.29) is 18.3 Å². The molecule has 1 atom stereocenters. The Balaban J connectivity index is 2.71. The molecule has 0 saturated carbocycles. The largest absolute Gasteiger partial charge is 0.573 e. The van der Waals surface area contributed by atoms with Gasteiger partial charge in [-0.15, -0.1) is 13.2 Å². The van der Waals surface area contributed by atoms with E-state index in [0.29, 0.717) is 12.0 Å². The van der Waals surface area contributed by atoms with Crippen LogP contribution in [0.4, 0.5) is 13.2 Å². The Kier molecular flexibility index (Phi) is 4.18. The van der Waals surface area contributed by atoms with Gasteiger partial charge >= 0.3 is 6.36 Å². The van der Waals surface area contributed by atoms with Crippen LogP contribution in [0, 0.1) is 5.92 Å². The summed E-state index contributed by atoms with van der Waals surface area (Å²) in [5.74, 6) is -0.212. The van der Waals surface area contributed by atoms with Crippen LogP contribution < -0.4 is 4.74 Å². The van der Waals surface area contributed by atoms with Crippen LogP contribution in [0.25, 0.3) is 0 Å². The summed E-state index contributed by atoms with van der Waals surface area (Å²) < 4.78 is 39.6. The molecule has 1 aromatic carbocycles. The SMILES string of the molecule is CC(CO)Cc1cccc(OC(F)(F)F)c1. The minimum absolute atomic E-state index is 0.00432. The molecule has 90 valence electrons. The smallest absolute Gasteiger partial charge is 0.406 e. The zero-order chi connectivity index (χ0) is 12.2. The van der Waals surface area contributed by atoms with Crippen molar-refractivity contribution in [2.75, 3.05) is 6.61 Å². The minimum atomic E-state index is -4.67. The first-order valence-corrected chi connectivity index (χ1v) is 4.86. The van der Waals surface area contributed by atoms with Gasteiger partial charge in [0.2, 0.25) is 0 Å². The zero-order valence-corrected chi connectivity index (χ0v) is 8.79. The predicted molar refractivity (Wildman–Crippen MR) is 53.1 cm³/mol. The van der Waals surface area contributed by atoms with Crippen molar-refractivity contribution in [1.29, 1.82) is 0 Å². The molecule has 0 aliphatic carbocycles. The van der Waals surface area contributed by atoms with Gasteiger partial charge in [0.05, 0.1) is 0 Å². The third-order valence-electron chi connectivity index (χ3n) is 2.03. The molecule has 0 fully saturated rings. The van der Waals surface area contributed by atoms with Crippen molar-refractivity contribution in [3.05, 3.63) is 29.8 Å². The summed E-state index contributed by atoms with van der Waals surface area (Å²) in [4.78, 5) is 0. The fraction of sp³-hybridized carbons (Fsp3) is 0.455. The molecule has 0 heterocycles. The van der Waals surface area contributed by atoms with Crippen molar-refractivity contribution >= 4 is 0 Å². The maximum absolute atomic E-state index is 11.9. The zero-order valence-electron chi connectivity index (χ0n) is 8.79. The van der Waals surface area contributed by atoms with E-state index in [2.05, 4.69) is 4.74 Å². The first kappa shape index (κ1) is 12.8. The van der Waals surface area contributed by atoms with Crippen LogP contribution in [0.5, 0.6) is 5.75 Å². The van der Waals surface area contributed by atoms with Crippen LogP contribution >= 0.6 is 0 Å². The van der Waals surface area contributed by atoms with Crippen molar-refractivity contribution in [3.63, 3.8) is 0 Å². The molecule has 0 aliphatic rings. The van der Waals surface area contributed by atoms with Gasteiger partial charge in [-0.2, -0.15) is 0 Å².